The zero-order chi connectivity index (χ0) is 22.4. The summed E-state index contributed by atoms with van der Waals surface area (Å²) in [5.74, 6) is -0.480. The molecular formula is C22H28N4O4S. The van der Waals surface area contributed by atoms with Crippen molar-refractivity contribution in [2.24, 2.45) is 5.92 Å². The molecule has 3 N–H and O–H groups in total. The van der Waals surface area contributed by atoms with Gasteiger partial charge >= 0.3 is 6.03 Å². The summed E-state index contributed by atoms with van der Waals surface area (Å²) in [7, 11) is -3.44. The zero-order valence-electron chi connectivity index (χ0n) is 17.7. The van der Waals surface area contributed by atoms with E-state index in [1.807, 2.05) is 37.3 Å². The lowest BCUT2D eigenvalue weighted by Crippen LogP contribution is -2.47. The van der Waals surface area contributed by atoms with Crippen LogP contribution in [-0.4, -0.2) is 44.6 Å². The highest BCUT2D eigenvalue weighted by Gasteiger charge is 2.29. The molecule has 0 radical (unpaired) electrons. The SMILES string of the molecule is CC(NC(=O)C1CCCN(C(=O)Nc2ccccc2)C1)c1ccccc1NS(C)(=O)=O. The average molecular weight is 445 g/mol. The van der Waals surface area contributed by atoms with Crippen LogP contribution in [0.2, 0.25) is 0 Å². The van der Waals surface area contributed by atoms with Crippen LogP contribution >= 0.6 is 0 Å². The number of rotatable bonds is 6. The Hall–Kier alpha value is -3.07. The summed E-state index contributed by atoms with van der Waals surface area (Å²) < 4.78 is 25.8. The van der Waals surface area contributed by atoms with E-state index in [1.54, 1.807) is 29.2 Å². The van der Waals surface area contributed by atoms with Crippen molar-refractivity contribution in [2.45, 2.75) is 25.8 Å². The van der Waals surface area contributed by atoms with Crippen molar-refractivity contribution in [3.05, 3.63) is 60.2 Å². The number of nitrogens with zero attached hydrogens (tertiary/aromatic N) is 1. The molecule has 8 nitrogen and oxygen atoms in total. The van der Waals surface area contributed by atoms with E-state index in [2.05, 4.69) is 15.4 Å². The van der Waals surface area contributed by atoms with Crippen LogP contribution in [0.25, 0.3) is 0 Å². The third-order valence-electron chi connectivity index (χ3n) is 5.19. The summed E-state index contributed by atoms with van der Waals surface area (Å²) in [6.45, 7) is 2.74. The Kier molecular flexibility index (Phi) is 7.17. The summed E-state index contributed by atoms with van der Waals surface area (Å²) in [6, 6.07) is 15.5. The second-order valence-corrected chi connectivity index (χ2v) is 9.52. The van der Waals surface area contributed by atoms with Gasteiger partial charge in [0.1, 0.15) is 0 Å². The third-order valence-corrected chi connectivity index (χ3v) is 5.78. The van der Waals surface area contributed by atoms with E-state index in [0.717, 1.165) is 12.7 Å². The van der Waals surface area contributed by atoms with Crippen LogP contribution < -0.4 is 15.4 Å². The maximum atomic E-state index is 12.9. The highest BCUT2D eigenvalue weighted by Crippen LogP contribution is 2.25. The van der Waals surface area contributed by atoms with Crippen LogP contribution in [0.4, 0.5) is 16.2 Å². The number of carbonyl (C=O) groups is 2. The Balaban J connectivity index is 1.62. The molecule has 1 fully saturated rings. The van der Waals surface area contributed by atoms with Crippen molar-refractivity contribution >= 4 is 33.3 Å². The van der Waals surface area contributed by atoms with E-state index in [0.29, 0.717) is 36.4 Å². The van der Waals surface area contributed by atoms with Crippen molar-refractivity contribution < 1.29 is 18.0 Å². The van der Waals surface area contributed by atoms with Crippen LogP contribution in [0.15, 0.2) is 54.6 Å². The van der Waals surface area contributed by atoms with Crippen LogP contribution in [0, 0.1) is 5.92 Å². The number of nitrogens with one attached hydrogen (secondary N) is 3. The van der Waals surface area contributed by atoms with Gasteiger partial charge in [0.15, 0.2) is 0 Å². The molecule has 9 heteroatoms. The van der Waals surface area contributed by atoms with Gasteiger partial charge in [0.2, 0.25) is 15.9 Å². The minimum atomic E-state index is -3.44. The van der Waals surface area contributed by atoms with Crippen molar-refractivity contribution in [1.29, 1.82) is 0 Å². The molecule has 1 aliphatic heterocycles. The van der Waals surface area contributed by atoms with Gasteiger partial charge in [-0.3, -0.25) is 9.52 Å². The molecule has 2 aromatic carbocycles. The van der Waals surface area contributed by atoms with E-state index in [9.17, 15) is 18.0 Å². The normalized spacial score (nSPS) is 17.5. The number of benzene rings is 2. The number of para-hydroxylation sites is 2. The minimum Gasteiger partial charge on any atom is -0.349 e. The second kappa shape index (κ2) is 9.82. The fourth-order valence-electron chi connectivity index (χ4n) is 3.68. The number of likely N-dealkylation sites (tertiary alicyclic amines) is 1. The molecule has 3 amide bonds. The number of amides is 3. The third kappa shape index (κ3) is 6.45. The Morgan fingerprint density at radius 2 is 1.74 bits per heavy atom. The Labute approximate surface area is 183 Å². The number of piperidine rings is 1. The van der Waals surface area contributed by atoms with E-state index < -0.39 is 16.1 Å². The molecule has 166 valence electrons. The number of anilines is 2. The Morgan fingerprint density at radius 1 is 1.06 bits per heavy atom. The van der Waals surface area contributed by atoms with Crippen LogP contribution in [0.3, 0.4) is 0 Å². The Morgan fingerprint density at radius 3 is 2.45 bits per heavy atom. The first-order valence-electron chi connectivity index (χ1n) is 10.2. The number of hydrogen-bond acceptors (Lipinski definition) is 4. The van der Waals surface area contributed by atoms with E-state index in [4.69, 9.17) is 0 Å². The van der Waals surface area contributed by atoms with Gasteiger partial charge < -0.3 is 15.5 Å². The molecule has 1 saturated heterocycles. The largest absolute Gasteiger partial charge is 0.349 e. The lowest BCUT2D eigenvalue weighted by Gasteiger charge is -2.32. The topological polar surface area (TPSA) is 108 Å². The molecule has 0 bridgehead atoms. The van der Waals surface area contributed by atoms with Gasteiger partial charge in [0, 0.05) is 18.8 Å². The van der Waals surface area contributed by atoms with Crippen molar-refractivity contribution in [2.75, 3.05) is 29.4 Å². The van der Waals surface area contributed by atoms with Gasteiger partial charge in [-0.25, -0.2) is 13.2 Å². The number of hydrogen-bond donors (Lipinski definition) is 3. The van der Waals surface area contributed by atoms with Gasteiger partial charge in [0.05, 0.1) is 23.9 Å². The monoisotopic (exact) mass is 444 g/mol. The van der Waals surface area contributed by atoms with Crippen LogP contribution in [0.1, 0.15) is 31.4 Å². The van der Waals surface area contributed by atoms with Gasteiger partial charge in [-0.15, -0.1) is 0 Å². The van der Waals surface area contributed by atoms with Crippen LogP contribution in [-0.2, 0) is 14.8 Å². The fraction of sp³-hybridized carbons (Fsp3) is 0.364. The molecule has 0 aliphatic carbocycles. The van der Waals surface area contributed by atoms with E-state index in [-0.39, 0.29) is 17.9 Å². The lowest BCUT2D eigenvalue weighted by atomic mass is 9.96. The van der Waals surface area contributed by atoms with Crippen LogP contribution in [0.5, 0.6) is 0 Å². The molecular weight excluding hydrogens is 416 g/mol. The molecule has 1 heterocycles. The molecule has 3 rings (SSSR count). The summed E-state index contributed by atoms with van der Waals surface area (Å²) in [5.41, 5.74) is 1.82. The van der Waals surface area contributed by atoms with Gasteiger partial charge in [-0.05, 0) is 43.5 Å². The number of urea groups is 1. The summed E-state index contributed by atoms with van der Waals surface area (Å²) in [6.07, 6.45) is 2.52. The summed E-state index contributed by atoms with van der Waals surface area (Å²) >= 11 is 0. The molecule has 2 aromatic rings. The van der Waals surface area contributed by atoms with Gasteiger partial charge in [-0.1, -0.05) is 36.4 Å². The molecule has 0 saturated carbocycles. The first-order valence-corrected chi connectivity index (χ1v) is 12.1. The number of sulfonamides is 1. The smallest absolute Gasteiger partial charge is 0.321 e. The van der Waals surface area contributed by atoms with E-state index >= 15 is 0 Å². The first-order chi connectivity index (χ1) is 14.7. The standard InChI is InChI=1S/C22H28N4O4S/c1-16(19-12-6-7-13-20(19)25-31(2,29)30)23-21(27)17-9-8-14-26(15-17)22(28)24-18-10-4-3-5-11-18/h3-7,10-13,16-17,25H,8-9,14-15H2,1-2H3,(H,23,27)(H,24,28). The molecule has 1 aliphatic rings. The quantitative estimate of drug-likeness (QED) is 0.636. The Bertz CT molecular complexity index is 1030. The van der Waals surface area contributed by atoms with Crippen molar-refractivity contribution in [3.63, 3.8) is 0 Å². The molecule has 0 spiro atoms. The lowest BCUT2D eigenvalue weighted by molar-refractivity contribution is -0.126. The summed E-state index contributed by atoms with van der Waals surface area (Å²) in [4.78, 5) is 27.1. The van der Waals surface area contributed by atoms with Gasteiger partial charge in [0.25, 0.3) is 0 Å². The maximum Gasteiger partial charge on any atom is 0.321 e. The minimum absolute atomic E-state index is 0.154. The maximum absolute atomic E-state index is 12.9. The highest BCUT2D eigenvalue weighted by molar-refractivity contribution is 7.92. The van der Waals surface area contributed by atoms with E-state index in [1.165, 1.54) is 0 Å². The molecule has 2 unspecified atom stereocenters. The molecule has 31 heavy (non-hydrogen) atoms. The highest BCUT2D eigenvalue weighted by atomic mass is 32.2. The zero-order valence-corrected chi connectivity index (χ0v) is 18.5. The predicted molar refractivity (Wildman–Crippen MR) is 121 cm³/mol. The van der Waals surface area contributed by atoms with Crippen molar-refractivity contribution in [1.82, 2.24) is 10.2 Å². The average Bonchev–Trinajstić information content (AvgIpc) is 2.73. The second-order valence-electron chi connectivity index (χ2n) is 7.77. The number of carbonyl (C=O) groups excluding carboxylic acids is 2. The first kappa shape index (κ1) is 22.6. The predicted octanol–water partition coefficient (Wildman–Crippen LogP) is 3.18. The molecule has 0 aromatic heterocycles. The molecule has 2 atom stereocenters. The van der Waals surface area contributed by atoms with Gasteiger partial charge in [-0.2, -0.15) is 0 Å². The fourth-order valence-corrected chi connectivity index (χ4v) is 4.26. The summed E-state index contributed by atoms with van der Waals surface area (Å²) in [5, 5.41) is 5.83. The van der Waals surface area contributed by atoms with Crippen molar-refractivity contribution in [3.8, 4) is 0 Å².